The minimum absolute atomic E-state index is 1.20. The van der Waals surface area contributed by atoms with E-state index in [-0.39, 0.29) is 0 Å². The summed E-state index contributed by atoms with van der Waals surface area (Å²) < 4.78 is 0. The van der Waals surface area contributed by atoms with E-state index in [1.165, 1.54) is 56.9 Å². The van der Waals surface area contributed by atoms with Gasteiger partial charge in [-0.05, 0) is 68.1 Å². The van der Waals surface area contributed by atoms with E-state index in [1.807, 2.05) is 0 Å². The van der Waals surface area contributed by atoms with Crippen LogP contribution in [0.5, 0.6) is 0 Å². The molecule has 0 bridgehead atoms. The summed E-state index contributed by atoms with van der Waals surface area (Å²) in [6.07, 6.45) is 10.3. The zero-order valence-corrected chi connectivity index (χ0v) is 10.9. The highest BCUT2D eigenvalue weighted by atomic mass is 14.3. The average Bonchev–Trinajstić information content (AvgIpc) is 2.90. The Morgan fingerprint density at radius 1 is 1.06 bits per heavy atom. The lowest BCUT2D eigenvalue weighted by atomic mass is 9.92. The van der Waals surface area contributed by atoms with Gasteiger partial charge in [0.15, 0.2) is 0 Å². The molecule has 0 unspecified atom stereocenters. The molecule has 2 aliphatic rings. The van der Waals surface area contributed by atoms with Gasteiger partial charge in [-0.1, -0.05) is 31.6 Å². The second kappa shape index (κ2) is 5.03. The molecule has 2 rings (SSSR count). The Morgan fingerprint density at radius 2 is 1.81 bits per heavy atom. The van der Waals surface area contributed by atoms with Gasteiger partial charge in [-0.15, -0.1) is 0 Å². The van der Waals surface area contributed by atoms with Crippen LogP contribution in [0.4, 0.5) is 0 Å². The van der Waals surface area contributed by atoms with E-state index in [4.69, 9.17) is 0 Å². The van der Waals surface area contributed by atoms with Crippen molar-refractivity contribution in [2.45, 2.75) is 65.2 Å². The molecular formula is C16H24. The third-order valence-corrected chi connectivity index (χ3v) is 4.17. The monoisotopic (exact) mass is 216 g/mol. The van der Waals surface area contributed by atoms with Gasteiger partial charge >= 0.3 is 0 Å². The Labute approximate surface area is 100 Å². The number of hydrogen-bond donors (Lipinski definition) is 0. The SMILES string of the molecule is C=C1CCC/C1=C(\CC)C1=C(CC)CCC1. The lowest BCUT2D eigenvalue weighted by Gasteiger charge is -2.14. The van der Waals surface area contributed by atoms with Crippen LogP contribution >= 0.6 is 0 Å². The van der Waals surface area contributed by atoms with Crippen LogP contribution in [0.1, 0.15) is 65.2 Å². The smallest absolute Gasteiger partial charge is 0.0270 e. The van der Waals surface area contributed by atoms with E-state index >= 15 is 0 Å². The van der Waals surface area contributed by atoms with Gasteiger partial charge in [-0.25, -0.2) is 0 Å². The lowest BCUT2D eigenvalue weighted by Crippen LogP contribution is -1.94. The molecule has 0 aromatic rings. The van der Waals surface area contributed by atoms with Crippen LogP contribution in [0, 0.1) is 0 Å². The Bertz CT molecular complexity index is 352. The Hall–Kier alpha value is -0.780. The summed E-state index contributed by atoms with van der Waals surface area (Å²) in [5.41, 5.74) is 8.14. The highest BCUT2D eigenvalue weighted by Gasteiger charge is 2.21. The van der Waals surface area contributed by atoms with Crippen molar-refractivity contribution in [1.82, 2.24) is 0 Å². The Balaban J connectivity index is 2.39. The topological polar surface area (TPSA) is 0 Å². The predicted molar refractivity (Wildman–Crippen MR) is 71.5 cm³/mol. The normalized spacial score (nSPS) is 24.5. The highest BCUT2D eigenvalue weighted by Crippen LogP contribution is 2.41. The van der Waals surface area contributed by atoms with Gasteiger partial charge in [-0.2, -0.15) is 0 Å². The fourth-order valence-electron chi connectivity index (χ4n) is 3.34. The van der Waals surface area contributed by atoms with Crippen molar-refractivity contribution in [2.24, 2.45) is 0 Å². The molecule has 0 atom stereocenters. The maximum absolute atomic E-state index is 4.25. The van der Waals surface area contributed by atoms with Gasteiger partial charge in [0.1, 0.15) is 0 Å². The predicted octanol–water partition coefficient (Wildman–Crippen LogP) is 5.32. The first-order chi connectivity index (χ1) is 7.77. The Morgan fingerprint density at radius 3 is 2.38 bits per heavy atom. The van der Waals surface area contributed by atoms with Crippen LogP contribution in [0.2, 0.25) is 0 Å². The van der Waals surface area contributed by atoms with Crippen LogP contribution < -0.4 is 0 Å². The first kappa shape index (κ1) is 11.7. The van der Waals surface area contributed by atoms with E-state index < -0.39 is 0 Å². The second-order valence-electron chi connectivity index (χ2n) is 5.06. The van der Waals surface area contributed by atoms with Crippen molar-refractivity contribution < 1.29 is 0 Å². The third kappa shape index (κ3) is 2.03. The Kier molecular flexibility index (Phi) is 3.68. The van der Waals surface area contributed by atoms with Crippen molar-refractivity contribution in [3.63, 3.8) is 0 Å². The van der Waals surface area contributed by atoms with E-state index in [9.17, 15) is 0 Å². The zero-order chi connectivity index (χ0) is 11.5. The first-order valence-electron chi connectivity index (χ1n) is 6.89. The van der Waals surface area contributed by atoms with Crippen molar-refractivity contribution in [3.05, 3.63) is 34.4 Å². The molecule has 0 aromatic carbocycles. The minimum atomic E-state index is 1.20. The molecule has 0 N–H and O–H groups in total. The third-order valence-electron chi connectivity index (χ3n) is 4.17. The van der Waals surface area contributed by atoms with Crippen LogP contribution in [0.3, 0.4) is 0 Å². The molecule has 0 spiro atoms. The molecule has 0 amide bonds. The summed E-state index contributed by atoms with van der Waals surface area (Å²) in [6.45, 7) is 8.87. The largest absolute Gasteiger partial charge is 0.0955 e. The molecule has 0 heterocycles. The maximum atomic E-state index is 4.25. The fourth-order valence-corrected chi connectivity index (χ4v) is 3.34. The summed E-state index contributed by atoms with van der Waals surface area (Å²) in [7, 11) is 0. The zero-order valence-electron chi connectivity index (χ0n) is 10.9. The second-order valence-corrected chi connectivity index (χ2v) is 5.06. The van der Waals surface area contributed by atoms with Crippen LogP contribution in [0.15, 0.2) is 34.4 Å². The van der Waals surface area contributed by atoms with Crippen molar-refractivity contribution in [1.29, 1.82) is 0 Å². The van der Waals surface area contributed by atoms with E-state index in [1.54, 1.807) is 22.3 Å². The van der Waals surface area contributed by atoms with Crippen LogP contribution in [-0.4, -0.2) is 0 Å². The number of allylic oxidation sites excluding steroid dienone is 5. The molecule has 0 radical (unpaired) electrons. The van der Waals surface area contributed by atoms with Crippen molar-refractivity contribution in [2.75, 3.05) is 0 Å². The fraction of sp³-hybridized carbons (Fsp3) is 0.625. The van der Waals surface area contributed by atoms with Gasteiger partial charge in [0.2, 0.25) is 0 Å². The summed E-state index contributed by atoms with van der Waals surface area (Å²) in [6, 6.07) is 0. The van der Waals surface area contributed by atoms with Gasteiger partial charge in [0, 0.05) is 0 Å². The number of hydrogen-bond acceptors (Lipinski definition) is 0. The standard InChI is InChI=1S/C16H24/c1-4-13-9-7-11-16(13)14(5-2)15-10-6-8-12(15)3/h3-11H2,1-2H3/b15-14-. The highest BCUT2D eigenvalue weighted by molar-refractivity contribution is 5.48. The molecule has 0 aromatic heterocycles. The summed E-state index contributed by atoms with van der Waals surface area (Å²) >= 11 is 0. The molecule has 88 valence electrons. The van der Waals surface area contributed by atoms with Gasteiger partial charge in [0.05, 0.1) is 0 Å². The van der Waals surface area contributed by atoms with Crippen LogP contribution in [-0.2, 0) is 0 Å². The lowest BCUT2D eigenvalue weighted by molar-refractivity contribution is 0.870. The molecule has 0 nitrogen and oxygen atoms in total. The molecular weight excluding hydrogens is 192 g/mol. The van der Waals surface area contributed by atoms with E-state index in [0.717, 1.165) is 0 Å². The first-order valence-corrected chi connectivity index (χ1v) is 6.89. The molecule has 16 heavy (non-hydrogen) atoms. The summed E-state index contributed by atoms with van der Waals surface area (Å²) in [4.78, 5) is 0. The molecule has 1 saturated carbocycles. The quantitative estimate of drug-likeness (QED) is 0.598. The number of rotatable bonds is 3. The van der Waals surface area contributed by atoms with Gasteiger partial charge in [-0.3, -0.25) is 0 Å². The van der Waals surface area contributed by atoms with Crippen LogP contribution in [0.25, 0.3) is 0 Å². The molecule has 0 aliphatic heterocycles. The molecule has 0 saturated heterocycles. The van der Waals surface area contributed by atoms with E-state index in [2.05, 4.69) is 20.4 Å². The summed E-state index contributed by atoms with van der Waals surface area (Å²) in [5.74, 6) is 0. The maximum Gasteiger partial charge on any atom is -0.0270 e. The van der Waals surface area contributed by atoms with E-state index in [0.29, 0.717) is 0 Å². The molecule has 1 fully saturated rings. The van der Waals surface area contributed by atoms with Crippen molar-refractivity contribution >= 4 is 0 Å². The summed E-state index contributed by atoms with van der Waals surface area (Å²) in [5, 5.41) is 0. The average molecular weight is 216 g/mol. The van der Waals surface area contributed by atoms with Crippen molar-refractivity contribution in [3.8, 4) is 0 Å². The van der Waals surface area contributed by atoms with Gasteiger partial charge < -0.3 is 0 Å². The molecule has 2 aliphatic carbocycles. The molecule has 0 heteroatoms. The van der Waals surface area contributed by atoms with Gasteiger partial charge in [0.25, 0.3) is 0 Å². The minimum Gasteiger partial charge on any atom is -0.0955 e.